The van der Waals surface area contributed by atoms with Crippen LogP contribution in [0.2, 0.25) is 0 Å². The second-order valence-corrected chi connectivity index (χ2v) is 11.3. The van der Waals surface area contributed by atoms with Gasteiger partial charge >= 0.3 is 0 Å². The number of aromatic amines is 1. The Kier molecular flexibility index (Phi) is 8.98. The number of thioether (sulfide) groups is 1. The molecule has 4 aromatic rings. The van der Waals surface area contributed by atoms with Gasteiger partial charge in [-0.2, -0.15) is 0 Å². The van der Waals surface area contributed by atoms with Crippen molar-refractivity contribution < 1.29 is 17.9 Å². The van der Waals surface area contributed by atoms with Crippen LogP contribution < -0.4 is 15.6 Å². The summed E-state index contributed by atoms with van der Waals surface area (Å²) in [4.78, 5) is 31.0. The molecule has 1 heterocycles. The van der Waals surface area contributed by atoms with Crippen molar-refractivity contribution in [3.05, 3.63) is 101 Å². The van der Waals surface area contributed by atoms with Gasteiger partial charge in [-0.1, -0.05) is 55.4 Å². The Labute approximate surface area is 225 Å². The van der Waals surface area contributed by atoms with E-state index < -0.39 is 20.3 Å². The number of unbranched alkanes of at least 4 members (excludes halogenated alkanes) is 1. The van der Waals surface area contributed by atoms with Crippen LogP contribution in [0.4, 0.5) is 5.69 Å². The molecule has 1 amide bonds. The van der Waals surface area contributed by atoms with Gasteiger partial charge in [0.15, 0.2) is 10.1 Å². The van der Waals surface area contributed by atoms with E-state index >= 15 is 0 Å². The number of sulfone groups is 1. The maximum absolute atomic E-state index is 12.9. The van der Waals surface area contributed by atoms with Crippen LogP contribution in [-0.2, 0) is 21.1 Å². The summed E-state index contributed by atoms with van der Waals surface area (Å²) in [5.41, 5.74) is 0.839. The van der Waals surface area contributed by atoms with Crippen LogP contribution in [0.3, 0.4) is 0 Å². The minimum absolute atomic E-state index is 0.0312. The van der Waals surface area contributed by atoms with E-state index in [2.05, 4.69) is 22.2 Å². The summed E-state index contributed by atoms with van der Waals surface area (Å²) < 4.78 is 31.6. The highest BCUT2D eigenvalue weighted by Crippen LogP contribution is 2.23. The average molecular weight is 550 g/mol. The molecule has 4 rings (SSSR count). The summed E-state index contributed by atoms with van der Waals surface area (Å²) in [6.07, 6.45) is 3.96. The molecule has 0 fully saturated rings. The molecule has 0 spiro atoms. The Morgan fingerprint density at radius 3 is 2.32 bits per heavy atom. The van der Waals surface area contributed by atoms with Gasteiger partial charge in [-0.25, -0.2) is 13.4 Å². The van der Waals surface area contributed by atoms with Gasteiger partial charge in [-0.15, -0.1) is 0 Å². The summed E-state index contributed by atoms with van der Waals surface area (Å²) in [7, 11) is -4.02. The van der Waals surface area contributed by atoms with E-state index in [1.807, 2.05) is 30.3 Å². The molecule has 196 valence electrons. The fourth-order valence-corrected chi connectivity index (χ4v) is 5.40. The van der Waals surface area contributed by atoms with E-state index in [1.54, 1.807) is 36.4 Å². The predicted molar refractivity (Wildman–Crippen MR) is 148 cm³/mol. The summed E-state index contributed by atoms with van der Waals surface area (Å²) in [6.45, 7) is 2.09. The normalized spacial score (nSPS) is 11.2. The first-order valence-corrected chi connectivity index (χ1v) is 14.5. The zero-order chi connectivity index (χ0) is 27.0. The number of hydrogen-bond donors (Lipinski definition) is 2. The maximum atomic E-state index is 12.9. The fourth-order valence-electron chi connectivity index (χ4n) is 3.54. The number of rotatable bonds is 11. The van der Waals surface area contributed by atoms with Crippen LogP contribution in [0.15, 0.2) is 105 Å². The third kappa shape index (κ3) is 7.11. The topological polar surface area (TPSA) is 118 Å². The predicted octanol–water partition coefficient (Wildman–Crippen LogP) is 5.47. The molecular weight excluding hydrogens is 522 g/mol. The van der Waals surface area contributed by atoms with Gasteiger partial charge in [0, 0.05) is 5.69 Å². The first-order chi connectivity index (χ1) is 18.3. The molecule has 0 radical (unpaired) electrons. The highest BCUT2D eigenvalue weighted by Gasteiger charge is 2.22. The minimum Gasteiger partial charge on any atom is -0.457 e. The molecule has 0 aliphatic heterocycles. The Morgan fingerprint density at radius 2 is 1.66 bits per heavy atom. The number of anilines is 1. The molecule has 0 bridgehead atoms. The van der Waals surface area contributed by atoms with Gasteiger partial charge in [0.1, 0.15) is 11.5 Å². The number of hydrogen-bond acceptors (Lipinski definition) is 7. The van der Waals surface area contributed by atoms with E-state index in [9.17, 15) is 18.0 Å². The van der Waals surface area contributed by atoms with E-state index in [-0.39, 0.29) is 21.7 Å². The van der Waals surface area contributed by atoms with Crippen molar-refractivity contribution in [2.45, 2.75) is 41.1 Å². The number of H-pyrrole nitrogens is 1. The van der Waals surface area contributed by atoms with E-state index in [0.717, 1.165) is 42.8 Å². The number of aromatic nitrogens is 2. The van der Waals surface area contributed by atoms with Gasteiger partial charge in [0.25, 0.3) is 5.56 Å². The highest BCUT2D eigenvalue weighted by atomic mass is 32.2. The zero-order valence-electron chi connectivity index (χ0n) is 20.7. The number of carbonyl (C=O) groups is 1. The van der Waals surface area contributed by atoms with Crippen molar-refractivity contribution in [1.29, 1.82) is 0 Å². The first kappa shape index (κ1) is 27.2. The van der Waals surface area contributed by atoms with Crippen LogP contribution in [0.25, 0.3) is 0 Å². The number of ether oxygens (including phenoxy) is 1. The third-order valence-corrected chi connectivity index (χ3v) is 8.19. The molecule has 0 atom stereocenters. The van der Waals surface area contributed by atoms with Gasteiger partial charge in [-0.05, 0) is 66.9 Å². The molecule has 38 heavy (non-hydrogen) atoms. The van der Waals surface area contributed by atoms with Gasteiger partial charge in [0.2, 0.25) is 15.7 Å². The standard InChI is InChI=1S/C28H27N3O5S2/c1-2-3-7-20-10-16-24(17-11-20)38(34,35)25-18-29-28(31-27(25)33)37-19-26(32)30-21-12-14-23(15-13-21)36-22-8-5-4-6-9-22/h4-6,8-18H,2-3,7,19H2,1H3,(H,30,32)(H,29,31,33). The second kappa shape index (κ2) is 12.6. The molecule has 2 N–H and O–H groups in total. The molecule has 0 aliphatic rings. The van der Waals surface area contributed by atoms with Crippen LogP contribution >= 0.6 is 11.8 Å². The molecule has 3 aromatic carbocycles. The fraction of sp³-hybridized carbons (Fsp3) is 0.179. The van der Waals surface area contributed by atoms with Crippen LogP contribution in [0, 0.1) is 0 Å². The Balaban J connectivity index is 1.33. The van der Waals surface area contributed by atoms with E-state index in [1.165, 1.54) is 12.1 Å². The van der Waals surface area contributed by atoms with Crippen molar-refractivity contribution >= 4 is 33.2 Å². The number of benzene rings is 3. The van der Waals surface area contributed by atoms with Crippen molar-refractivity contribution in [2.75, 3.05) is 11.1 Å². The van der Waals surface area contributed by atoms with Crippen molar-refractivity contribution in [2.24, 2.45) is 0 Å². The Morgan fingerprint density at radius 1 is 0.974 bits per heavy atom. The third-order valence-electron chi connectivity index (χ3n) is 5.54. The lowest BCUT2D eigenvalue weighted by Crippen LogP contribution is -2.20. The maximum Gasteiger partial charge on any atom is 0.270 e. The van der Waals surface area contributed by atoms with Gasteiger partial charge in [0.05, 0.1) is 16.8 Å². The lowest BCUT2D eigenvalue weighted by Gasteiger charge is -2.08. The van der Waals surface area contributed by atoms with E-state index in [4.69, 9.17) is 4.74 Å². The second-order valence-electron chi connectivity index (χ2n) is 8.41. The molecule has 0 saturated carbocycles. The smallest absolute Gasteiger partial charge is 0.270 e. The van der Waals surface area contributed by atoms with Crippen molar-refractivity contribution in [1.82, 2.24) is 9.97 Å². The monoisotopic (exact) mass is 549 g/mol. The summed E-state index contributed by atoms with van der Waals surface area (Å²) in [5.74, 6) is 1.000. The number of nitrogens with one attached hydrogen (secondary N) is 2. The summed E-state index contributed by atoms with van der Waals surface area (Å²) >= 11 is 0.993. The largest absolute Gasteiger partial charge is 0.457 e. The Hall–Kier alpha value is -3.89. The number of aryl methyl sites for hydroxylation is 1. The van der Waals surface area contributed by atoms with Crippen LogP contribution in [0.1, 0.15) is 25.3 Å². The summed E-state index contributed by atoms with van der Waals surface area (Å²) in [5, 5.41) is 2.91. The van der Waals surface area contributed by atoms with Gasteiger partial charge < -0.3 is 15.0 Å². The lowest BCUT2D eigenvalue weighted by molar-refractivity contribution is -0.113. The molecule has 0 saturated heterocycles. The number of nitrogens with zero attached hydrogens (tertiary/aromatic N) is 1. The quantitative estimate of drug-likeness (QED) is 0.188. The number of para-hydroxylation sites is 1. The number of carbonyl (C=O) groups excluding carboxylic acids is 1. The lowest BCUT2D eigenvalue weighted by atomic mass is 10.1. The molecular formula is C28H27N3O5S2. The number of amides is 1. The zero-order valence-corrected chi connectivity index (χ0v) is 22.3. The molecule has 0 aliphatic carbocycles. The molecule has 10 heteroatoms. The van der Waals surface area contributed by atoms with Gasteiger partial charge in [-0.3, -0.25) is 9.59 Å². The first-order valence-electron chi connectivity index (χ1n) is 12.0. The minimum atomic E-state index is -4.02. The molecule has 0 unspecified atom stereocenters. The SMILES string of the molecule is CCCCc1ccc(S(=O)(=O)c2cnc(SCC(=O)Nc3ccc(Oc4ccccc4)cc3)[nH]c2=O)cc1. The van der Waals surface area contributed by atoms with Crippen LogP contribution in [0.5, 0.6) is 11.5 Å². The van der Waals surface area contributed by atoms with Crippen molar-refractivity contribution in [3.63, 3.8) is 0 Å². The van der Waals surface area contributed by atoms with Crippen molar-refractivity contribution in [3.8, 4) is 11.5 Å². The van der Waals surface area contributed by atoms with Crippen LogP contribution in [-0.4, -0.2) is 30.0 Å². The summed E-state index contributed by atoms with van der Waals surface area (Å²) in [6, 6.07) is 22.8. The Bertz CT molecular complexity index is 1540. The average Bonchev–Trinajstić information content (AvgIpc) is 2.92. The highest BCUT2D eigenvalue weighted by molar-refractivity contribution is 7.99. The molecule has 1 aromatic heterocycles. The molecule has 8 nitrogen and oxygen atoms in total. The van der Waals surface area contributed by atoms with E-state index in [0.29, 0.717) is 17.2 Å².